The number of hydrogen-bond donors (Lipinski definition) is 2. The first-order chi connectivity index (χ1) is 8.99. The van der Waals surface area contributed by atoms with Gasteiger partial charge in [-0.05, 0) is 19.1 Å². The zero-order chi connectivity index (χ0) is 14.0. The van der Waals surface area contributed by atoms with Gasteiger partial charge in [0.2, 0.25) is 5.91 Å². The van der Waals surface area contributed by atoms with Crippen LogP contribution in [0.25, 0.3) is 0 Å². The number of carboxylic acid groups (broad SMARTS) is 1. The first kappa shape index (κ1) is 13.1. The van der Waals surface area contributed by atoms with E-state index in [2.05, 4.69) is 5.32 Å². The van der Waals surface area contributed by atoms with Gasteiger partial charge in [-0.2, -0.15) is 0 Å². The highest BCUT2D eigenvalue weighted by molar-refractivity contribution is 5.99. The van der Waals surface area contributed by atoms with E-state index in [0.29, 0.717) is 5.56 Å². The molecule has 1 unspecified atom stereocenters. The fourth-order valence-electron chi connectivity index (χ4n) is 1.94. The van der Waals surface area contributed by atoms with Gasteiger partial charge < -0.3 is 15.3 Å². The van der Waals surface area contributed by atoms with Crippen LogP contribution in [0, 0.1) is 6.92 Å². The summed E-state index contributed by atoms with van der Waals surface area (Å²) in [7, 11) is 0. The molecule has 0 aromatic heterocycles. The number of nitrogens with one attached hydrogen (secondary N) is 1. The van der Waals surface area contributed by atoms with Crippen LogP contribution >= 0.6 is 0 Å². The molecule has 0 bridgehead atoms. The van der Waals surface area contributed by atoms with Crippen LogP contribution in [-0.4, -0.2) is 46.9 Å². The second-order valence-corrected chi connectivity index (χ2v) is 4.46. The summed E-state index contributed by atoms with van der Waals surface area (Å²) in [5.74, 6) is -1.92. The van der Waals surface area contributed by atoms with Crippen molar-refractivity contribution in [1.82, 2.24) is 10.2 Å². The fourth-order valence-corrected chi connectivity index (χ4v) is 1.94. The van der Waals surface area contributed by atoms with Gasteiger partial charge in [-0.25, -0.2) is 4.79 Å². The molecule has 100 valence electrons. The van der Waals surface area contributed by atoms with Gasteiger partial charge in [0.1, 0.15) is 12.6 Å². The van der Waals surface area contributed by atoms with Crippen molar-refractivity contribution in [1.29, 1.82) is 0 Å². The summed E-state index contributed by atoms with van der Waals surface area (Å²) < 4.78 is 0. The van der Waals surface area contributed by atoms with E-state index in [1.165, 1.54) is 0 Å². The standard InChI is InChI=1S/C13H14N2O4/c1-8-2-4-9(5-3-8)12(17)15-7-11(16)14-6-10(15)13(18)19/h2-5,10H,6-7H2,1H3,(H,14,16)(H,18,19). The minimum absolute atomic E-state index is 0.0637. The van der Waals surface area contributed by atoms with Crippen molar-refractivity contribution < 1.29 is 19.5 Å². The normalized spacial score (nSPS) is 18.9. The third kappa shape index (κ3) is 2.73. The van der Waals surface area contributed by atoms with E-state index in [0.717, 1.165) is 10.5 Å². The van der Waals surface area contributed by atoms with Crippen molar-refractivity contribution in [2.75, 3.05) is 13.1 Å². The Labute approximate surface area is 110 Å². The quantitative estimate of drug-likeness (QED) is 0.786. The van der Waals surface area contributed by atoms with Gasteiger partial charge in [0.05, 0.1) is 0 Å². The summed E-state index contributed by atoms with van der Waals surface area (Å²) >= 11 is 0. The van der Waals surface area contributed by atoms with Gasteiger partial charge in [-0.1, -0.05) is 17.7 Å². The lowest BCUT2D eigenvalue weighted by Gasteiger charge is -2.32. The number of hydrogen-bond acceptors (Lipinski definition) is 3. The van der Waals surface area contributed by atoms with E-state index < -0.39 is 17.9 Å². The highest BCUT2D eigenvalue weighted by Gasteiger charge is 2.35. The maximum Gasteiger partial charge on any atom is 0.328 e. The average molecular weight is 262 g/mol. The maximum absolute atomic E-state index is 12.3. The van der Waals surface area contributed by atoms with Crippen LogP contribution in [0.4, 0.5) is 0 Å². The molecule has 0 saturated carbocycles. The Bertz CT molecular complexity index is 524. The number of carboxylic acids is 1. The van der Waals surface area contributed by atoms with Gasteiger partial charge in [0.15, 0.2) is 0 Å². The Morgan fingerprint density at radius 3 is 2.53 bits per heavy atom. The number of aryl methyl sites for hydroxylation is 1. The van der Waals surface area contributed by atoms with E-state index in [9.17, 15) is 14.4 Å². The molecule has 1 atom stereocenters. The van der Waals surface area contributed by atoms with E-state index >= 15 is 0 Å². The molecule has 1 aliphatic rings. The number of amides is 2. The van der Waals surface area contributed by atoms with Crippen LogP contribution in [-0.2, 0) is 9.59 Å². The molecule has 1 heterocycles. The summed E-state index contributed by atoms with van der Waals surface area (Å²) in [4.78, 5) is 35.8. The molecule has 1 saturated heterocycles. The van der Waals surface area contributed by atoms with Gasteiger partial charge >= 0.3 is 5.97 Å². The van der Waals surface area contributed by atoms with Crippen LogP contribution in [0.1, 0.15) is 15.9 Å². The Kier molecular flexibility index (Phi) is 3.50. The Morgan fingerprint density at radius 2 is 1.95 bits per heavy atom. The molecule has 2 amide bonds. The van der Waals surface area contributed by atoms with Crippen LogP contribution < -0.4 is 5.32 Å². The Morgan fingerprint density at radius 1 is 1.32 bits per heavy atom. The highest BCUT2D eigenvalue weighted by atomic mass is 16.4. The summed E-state index contributed by atoms with van der Waals surface area (Å²) in [6.07, 6.45) is 0. The Hall–Kier alpha value is -2.37. The highest BCUT2D eigenvalue weighted by Crippen LogP contribution is 2.12. The number of nitrogens with zero attached hydrogens (tertiary/aromatic N) is 1. The largest absolute Gasteiger partial charge is 0.480 e. The lowest BCUT2D eigenvalue weighted by atomic mass is 10.1. The number of rotatable bonds is 2. The van der Waals surface area contributed by atoms with Crippen molar-refractivity contribution in [3.8, 4) is 0 Å². The lowest BCUT2D eigenvalue weighted by molar-refractivity contribution is -0.144. The number of piperazine rings is 1. The summed E-state index contributed by atoms with van der Waals surface area (Å²) in [6, 6.07) is 5.78. The van der Waals surface area contributed by atoms with E-state index in [1.807, 2.05) is 6.92 Å². The van der Waals surface area contributed by atoms with E-state index in [-0.39, 0.29) is 19.0 Å². The zero-order valence-corrected chi connectivity index (χ0v) is 10.4. The Balaban J connectivity index is 2.26. The van der Waals surface area contributed by atoms with Crippen LogP contribution in [0.5, 0.6) is 0 Å². The number of carbonyl (C=O) groups is 3. The molecule has 1 aliphatic heterocycles. The minimum Gasteiger partial charge on any atom is -0.480 e. The molecule has 19 heavy (non-hydrogen) atoms. The molecule has 0 spiro atoms. The third-order valence-electron chi connectivity index (χ3n) is 3.03. The first-order valence-corrected chi connectivity index (χ1v) is 5.86. The predicted octanol–water partition coefficient (Wildman–Crippen LogP) is 0.0202. The van der Waals surface area contributed by atoms with Crippen LogP contribution in [0.2, 0.25) is 0 Å². The molecule has 1 aromatic rings. The summed E-state index contributed by atoms with van der Waals surface area (Å²) in [5, 5.41) is 11.5. The second-order valence-electron chi connectivity index (χ2n) is 4.46. The van der Waals surface area contributed by atoms with Gasteiger partial charge in [0, 0.05) is 12.1 Å². The predicted molar refractivity (Wildman–Crippen MR) is 66.6 cm³/mol. The van der Waals surface area contributed by atoms with Gasteiger partial charge in [-0.3, -0.25) is 9.59 Å². The molecule has 6 nitrogen and oxygen atoms in total. The molecule has 6 heteroatoms. The van der Waals surface area contributed by atoms with E-state index in [1.54, 1.807) is 24.3 Å². The topological polar surface area (TPSA) is 86.7 Å². The first-order valence-electron chi connectivity index (χ1n) is 5.86. The van der Waals surface area contributed by atoms with E-state index in [4.69, 9.17) is 5.11 Å². The molecule has 0 radical (unpaired) electrons. The maximum atomic E-state index is 12.3. The average Bonchev–Trinajstić information content (AvgIpc) is 2.38. The summed E-state index contributed by atoms with van der Waals surface area (Å²) in [6.45, 7) is 1.60. The number of benzene rings is 1. The molecule has 1 aromatic carbocycles. The van der Waals surface area contributed by atoms with Crippen molar-refractivity contribution in [3.63, 3.8) is 0 Å². The van der Waals surface area contributed by atoms with Crippen LogP contribution in [0.3, 0.4) is 0 Å². The fraction of sp³-hybridized carbons (Fsp3) is 0.308. The minimum atomic E-state index is -1.12. The summed E-state index contributed by atoms with van der Waals surface area (Å²) in [5.41, 5.74) is 1.38. The SMILES string of the molecule is Cc1ccc(C(=O)N2CC(=O)NCC2C(=O)O)cc1. The van der Waals surface area contributed by atoms with Crippen molar-refractivity contribution in [2.45, 2.75) is 13.0 Å². The molecule has 2 N–H and O–H groups in total. The number of aliphatic carboxylic acids is 1. The monoisotopic (exact) mass is 262 g/mol. The van der Waals surface area contributed by atoms with Gasteiger partial charge in [0.25, 0.3) is 5.91 Å². The van der Waals surface area contributed by atoms with Crippen molar-refractivity contribution in [3.05, 3.63) is 35.4 Å². The molecule has 2 rings (SSSR count). The van der Waals surface area contributed by atoms with Crippen molar-refractivity contribution >= 4 is 17.8 Å². The van der Waals surface area contributed by atoms with Crippen molar-refractivity contribution in [2.24, 2.45) is 0 Å². The third-order valence-corrected chi connectivity index (χ3v) is 3.03. The van der Waals surface area contributed by atoms with Crippen LogP contribution in [0.15, 0.2) is 24.3 Å². The number of carbonyl (C=O) groups excluding carboxylic acids is 2. The second kappa shape index (κ2) is 5.09. The molecular formula is C13H14N2O4. The van der Waals surface area contributed by atoms with Gasteiger partial charge in [-0.15, -0.1) is 0 Å². The zero-order valence-electron chi connectivity index (χ0n) is 10.4. The smallest absolute Gasteiger partial charge is 0.328 e. The molecule has 1 fully saturated rings. The molecular weight excluding hydrogens is 248 g/mol. The lowest BCUT2D eigenvalue weighted by Crippen LogP contribution is -2.59. The molecule has 0 aliphatic carbocycles.